The molecule has 0 aromatic carbocycles. The molecular formula is C17H33NO5. The number of alkyl carbamates (subject to hydrolysis) is 1. The van der Waals surface area contributed by atoms with Gasteiger partial charge in [0.05, 0.1) is 6.10 Å². The molecule has 6 nitrogen and oxygen atoms in total. The van der Waals surface area contributed by atoms with E-state index in [0.717, 1.165) is 6.42 Å². The predicted molar refractivity (Wildman–Crippen MR) is 89.3 cm³/mol. The molecule has 1 N–H and O–H groups in total. The Balaban J connectivity index is 4.58. The van der Waals surface area contributed by atoms with E-state index in [1.54, 1.807) is 27.7 Å². The summed E-state index contributed by atoms with van der Waals surface area (Å²) in [5, 5.41) is 2.49. The Labute approximate surface area is 140 Å². The second-order valence-corrected chi connectivity index (χ2v) is 7.09. The van der Waals surface area contributed by atoms with Crippen LogP contribution in [0.2, 0.25) is 0 Å². The molecule has 0 aliphatic rings. The van der Waals surface area contributed by atoms with Gasteiger partial charge < -0.3 is 19.5 Å². The van der Waals surface area contributed by atoms with E-state index in [1.807, 2.05) is 27.7 Å². The first kappa shape index (κ1) is 21.7. The average Bonchev–Trinajstić information content (AvgIpc) is 2.38. The molecule has 0 bridgehead atoms. The number of amides is 1. The van der Waals surface area contributed by atoms with Crippen LogP contribution in [0, 0.1) is 5.92 Å². The second kappa shape index (κ2) is 9.75. The Bertz CT molecular complexity index is 376. The summed E-state index contributed by atoms with van der Waals surface area (Å²) in [5.41, 5.74) is -0.614. The largest absolute Gasteiger partial charge is 0.458 e. The average molecular weight is 331 g/mol. The maximum absolute atomic E-state index is 12.2. The Hall–Kier alpha value is -1.30. The minimum atomic E-state index is -0.788. The van der Waals surface area contributed by atoms with Crippen molar-refractivity contribution in [3.05, 3.63) is 0 Å². The molecule has 6 heteroatoms. The number of nitrogens with one attached hydrogen (secondary N) is 1. The topological polar surface area (TPSA) is 73.9 Å². The van der Waals surface area contributed by atoms with Gasteiger partial charge in [-0.05, 0) is 47.0 Å². The van der Waals surface area contributed by atoms with Crippen molar-refractivity contribution in [3.8, 4) is 0 Å². The molecule has 0 saturated heterocycles. The first-order valence-electron chi connectivity index (χ1n) is 8.29. The predicted octanol–water partition coefficient (Wildman–Crippen LogP) is 3.28. The maximum atomic E-state index is 12.2. The van der Waals surface area contributed by atoms with Crippen molar-refractivity contribution in [2.45, 2.75) is 85.7 Å². The molecule has 136 valence electrons. The highest BCUT2D eigenvalue weighted by Crippen LogP contribution is 2.15. The number of rotatable bonds is 8. The third kappa shape index (κ3) is 9.43. The fourth-order valence-corrected chi connectivity index (χ4v) is 1.95. The summed E-state index contributed by atoms with van der Waals surface area (Å²) in [6, 6.07) is -0.788. The van der Waals surface area contributed by atoms with Crippen LogP contribution in [0.25, 0.3) is 0 Å². The summed E-state index contributed by atoms with van der Waals surface area (Å²) in [4.78, 5) is 23.9. The molecule has 0 aliphatic carbocycles. The third-order valence-electron chi connectivity index (χ3n) is 3.04. The summed E-state index contributed by atoms with van der Waals surface area (Å²) >= 11 is 0. The van der Waals surface area contributed by atoms with E-state index < -0.39 is 23.7 Å². The Morgan fingerprint density at radius 1 is 1.09 bits per heavy atom. The molecule has 3 atom stereocenters. The highest BCUT2D eigenvalue weighted by atomic mass is 16.6. The molecule has 1 amide bonds. The molecule has 0 spiro atoms. The molecule has 0 aromatic heterocycles. The smallest absolute Gasteiger partial charge is 0.408 e. The molecule has 0 rings (SSSR count). The molecule has 0 radical (unpaired) electrons. The van der Waals surface area contributed by atoms with E-state index in [9.17, 15) is 9.59 Å². The van der Waals surface area contributed by atoms with E-state index >= 15 is 0 Å². The summed E-state index contributed by atoms with van der Waals surface area (Å²) in [7, 11) is 0. The SMILES string of the molecule is CCCO[C@@H](C)[C@@H](OC(=O)[C@H](C)NC(=O)OC(C)(C)C)C(C)C. The van der Waals surface area contributed by atoms with E-state index in [4.69, 9.17) is 14.2 Å². The number of ether oxygens (including phenoxy) is 3. The summed E-state index contributed by atoms with van der Waals surface area (Å²) < 4.78 is 16.3. The minimum absolute atomic E-state index is 0.111. The Morgan fingerprint density at radius 3 is 2.09 bits per heavy atom. The van der Waals surface area contributed by atoms with Crippen LogP contribution in [0.1, 0.15) is 61.8 Å². The van der Waals surface area contributed by atoms with Gasteiger partial charge in [0.25, 0.3) is 0 Å². The quantitative estimate of drug-likeness (QED) is 0.691. The number of esters is 1. The van der Waals surface area contributed by atoms with E-state index in [-0.39, 0.29) is 18.1 Å². The normalized spacial score (nSPS) is 15.7. The number of hydrogen-bond acceptors (Lipinski definition) is 5. The van der Waals surface area contributed by atoms with E-state index in [1.165, 1.54) is 0 Å². The highest BCUT2D eigenvalue weighted by molar-refractivity contribution is 5.81. The van der Waals surface area contributed by atoms with Gasteiger partial charge in [-0.15, -0.1) is 0 Å². The maximum Gasteiger partial charge on any atom is 0.408 e. The van der Waals surface area contributed by atoms with Crippen LogP contribution in [-0.2, 0) is 19.0 Å². The Kier molecular flexibility index (Phi) is 9.20. The van der Waals surface area contributed by atoms with Gasteiger partial charge in [0.1, 0.15) is 17.7 Å². The third-order valence-corrected chi connectivity index (χ3v) is 3.04. The lowest BCUT2D eigenvalue weighted by molar-refractivity contribution is -0.162. The van der Waals surface area contributed by atoms with Crippen molar-refractivity contribution in [3.63, 3.8) is 0 Å². The van der Waals surface area contributed by atoms with Gasteiger partial charge in [0, 0.05) is 6.61 Å². The van der Waals surface area contributed by atoms with Crippen LogP contribution < -0.4 is 5.32 Å². The van der Waals surface area contributed by atoms with Gasteiger partial charge in [0.15, 0.2) is 0 Å². The molecule has 0 fully saturated rings. The molecular weight excluding hydrogens is 298 g/mol. The van der Waals surface area contributed by atoms with Gasteiger partial charge in [-0.3, -0.25) is 0 Å². The van der Waals surface area contributed by atoms with Crippen molar-refractivity contribution in [2.24, 2.45) is 5.92 Å². The summed E-state index contributed by atoms with van der Waals surface area (Å²) in [6.07, 6.45) is -0.303. The lowest BCUT2D eigenvalue weighted by Gasteiger charge is -2.29. The Morgan fingerprint density at radius 2 is 1.65 bits per heavy atom. The van der Waals surface area contributed by atoms with Crippen LogP contribution in [0.3, 0.4) is 0 Å². The molecule has 0 heterocycles. The van der Waals surface area contributed by atoms with Crippen molar-refractivity contribution in [2.75, 3.05) is 6.61 Å². The summed E-state index contributed by atoms with van der Waals surface area (Å²) in [6.45, 7) is 15.3. The minimum Gasteiger partial charge on any atom is -0.458 e. The fourth-order valence-electron chi connectivity index (χ4n) is 1.95. The standard InChI is InChI=1S/C17H33NO5/c1-9-10-21-13(5)14(11(2)3)22-15(19)12(4)18-16(20)23-17(6,7)8/h11-14H,9-10H2,1-8H3,(H,18,20)/t12-,13-,14-/m0/s1. The van der Waals surface area contributed by atoms with Crippen molar-refractivity contribution >= 4 is 12.1 Å². The van der Waals surface area contributed by atoms with Gasteiger partial charge in [-0.2, -0.15) is 0 Å². The molecule has 23 heavy (non-hydrogen) atoms. The monoisotopic (exact) mass is 331 g/mol. The van der Waals surface area contributed by atoms with Gasteiger partial charge in [-0.1, -0.05) is 20.8 Å². The van der Waals surface area contributed by atoms with Crippen LogP contribution >= 0.6 is 0 Å². The van der Waals surface area contributed by atoms with Gasteiger partial charge >= 0.3 is 12.1 Å². The second-order valence-electron chi connectivity index (χ2n) is 7.09. The molecule has 0 aliphatic heterocycles. The zero-order valence-electron chi connectivity index (χ0n) is 15.8. The fraction of sp³-hybridized carbons (Fsp3) is 0.882. The zero-order valence-corrected chi connectivity index (χ0v) is 15.8. The van der Waals surface area contributed by atoms with Gasteiger partial charge in [0.2, 0.25) is 0 Å². The molecule has 0 aromatic rings. The lowest BCUT2D eigenvalue weighted by Crippen LogP contribution is -2.45. The first-order chi connectivity index (χ1) is 10.5. The van der Waals surface area contributed by atoms with Crippen LogP contribution in [0.5, 0.6) is 0 Å². The van der Waals surface area contributed by atoms with Crippen molar-refractivity contribution < 1.29 is 23.8 Å². The highest BCUT2D eigenvalue weighted by Gasteiger charge is 2.29. The first-order valence-corrected chi connectivity index (χ1v) is 8.29. The van der Waals surface area contributed by atoms with E-state index in [0.29, 0.717) is 6.61 Å². The van der Waals surface area contributed by atoms with Crippen molar-refractivity contribution in [1.82, 2.24) is 5.32 Å². The number of hydrogen-bond donors (Lipinski definition) is 1. The molecule has 0 saturated carbocycles. The van der Waals surface area contributed by atoms with Crippen LogP contribution in [0.15, 0.2) is 0 Å². The van der Waals surface area contributed by atoms with E-state index in [2.05, 4.69) is 5.32 Å². The van der Waals surface area contributed by atoms with Crippen LogP contribution in [0.4, 0.5) is 4.79 Å². The zero-order chi connectivity index (χ0) is 18.2. The number of carbonyl (C=O) groups excluding carboxylic acids is 2. The lowest BCUT2D eigenvalue weighted by atomic mass is 10.0. The molecule has 0 unspecified atom stereocenters. The van der Waals surface area contributed by atoms with Crippen molar-refractivity contribution in [1.29, 1.82) is 0 Å². The summed E-state index contributed by atoms with van der Waals surface area (Å²) in [5.74, 6) is -0.388. The van der Waals surface area contributed by atoms with Crippen LogP contribution in [-0.4, -0.2) is 42.5 Å². The number of carbonyl (C=O) groups is 2. The van der Waals surface area contributed by atoms with Gasteiger partial charge in [-0.25, -0.2) is 9.59 Å².